The van der Waals surface area contributed by atoms with E-state index >= 15 is 0 Å². The van der Waals surface area contributed by atoms with E-state index in [1.165, 1.54) is 16.8 Å². The smallest absolute Gasteiger partial charge is 0.193 e. The molecule has 2 aromatic carbocycles. The molecular formula is C21H28N4O. The Morgan fingerprint density at radius 1 is 1.23 bits per heavy atom. The standard InChI is InChI=1S/C21H28N4O/c1-15-7-8-18(11-16(15)2)24-21(22)23-13-17-9-10-25(14-17)19-5-4-6-20(12-19)26-3/h4-8,11-12,17H,9-10,13-14H2,1-3H3,(H3,22,23,24). The van der Waals surface area contributed by atoms with Gasteiger partial charge in [0.2, 0.25) is 0 Å². The number of ether oxygens (including phenoxy) is 1. The van der Waals surface area contributed by atoms with Crippen LogP contribution in [0.2, 0.25) is 0 Å². The van der Waals surface area contributed by atoms with Gasteiger partial charge in [0.25, 0.3) is 0 Å². The summed E-state index contributed by atoms with van der Waals surface area (Å²) in [7, 11) is 1.70. The topological polar surface area (TPSA) is 62.9 Å². The second-order valence-electron chi connectivity index (χ2n) is 6.95. The average Bonchev–Trinajstić information content (AvgIpc) is 3.12. The van der Waals surface area contributed by atoms with Gasteiger partial charge in [0.15, 0.2) is 5.96 Å². The van der Waals surface area contributed by atoms with E-state index < -0.39 is 0 Å². The Labute approximate surface area is 155 Å². The molecule has 1 unspecified atom stereocenters. The minimum Gasteiger partial charge on any atom is -0.497 e. The summed E-state index contributed by atoms with van der Waals surface area (Å²) < 4.78 is 5.32. The average molecular weight is 352 g/mol. The molecule has 5 heteroatoms. The van der Waals surface area contributed by atoms with E-state index in [-0.39, 0.29) is 0 Å². The van der Waals surface area contributed by atoms with E-state index in [1.807, 2.05) is 18.2 Å². The van der Waals surface area contributed by atoms with Crippen LogP contribution in [0.4, 0.5) is 11.4 Å². The number of hydrogen-bond donors (Lipinski definition) is 2. The molecule has 0 aromatic heterocycles. The van der Waals surface area contributed by atoms with Gasteiger partial charge in [-0.1, -0.05) is 12.1 Å². The second-order valence-corrected chi connectivity index (χ2v) is 6.95. The van der Waals surface area contributed by atoms with Gasteiger partial charge >= 0.3 is 0 Å². The molecule has 0 aliphatic carbocycles. The molecule has 5 nitrogen and oxygen atoms in total. The van der Waals surface area contributed by atoms with Gasteiger partial charge in [-0.05, 0) is 61.6 Å². The number of nitrogens with one attached hydrogen (secondary N) is 1. The lowest BCUT2D eigenvalue weighted by molar-refractivity contribution is 0.415. The first kappa shape index (κ1) is 18.1. The van der Waals surface area contributed by atoms with Gasteiger partial charge in [0.1, 0.15) is 5.75 Å². The summed E-state index contributed by atoms with van der Waals surface area (Å²) in [6.07, 6.45) is 1.12. The fraction of sp³-hybridized carbons (Fsp3) is 0.381. The third-order valence-corrected chi connectivity index (χ3v) is 5.00. The molecule has 1 heterocycles. The lowest BCUT2D eigenvalue weighted by atomic mass is 10.1. The predicted octanol–water partition coefficient (Wildman–Crippen LogP) is 3.57. The zero-order valence-electron chi connectivity index (χ0n) is 15.8. The zero-order chi connectivity index (χ0) is 18.5. The van der Waals surface area contributed by atoms with Crippen LogP contribution in [0.5, 0.6) is 5.75 Å². The molecule has 2 aromatic rings. The van der Waals surface area contributed by atoms with E-state index in [9.17, 15) is 0 Å². The number of nitrogens with two attached hydrogens (primary N) is 1. The third kappa shape index (κ3) is 4.48. The van der Waals surface area contributed by atoms with Gasteiger partial charge in [-0.3, -0.25) is 4.99 Å². The molecule has 3 N–H and O–H groups in total. The molecular weight excluding hydrogens is 324 g/mol. The first-order chi connectivity index (χ1) is 12.5. The molecule has 1 saturated heterocycles. The molecule has 0 bridgehead atoms. The van der Waals surface area contributed by atoms with E-state index in [0.717, 1.165) is 37.5 Å². The lowest BCUT2D eigenvalue weighted by Crippen LogP contribution is -2.25. The molecule has 0 saturated carbocycles. The number of rotatable bonds is 5. The molecule has 0 amide bonds. The highest BCUT2D eigenvalue weighted by atomic mass is 16.5. The number of methoxy groups -OCH3 is 1. The Morgan fingerprint density at radius 3 is 2.85 bits per heavy atom. The monoisotopic (exact) mass is 352 g/mol. The van der Waals surface area contributed by atoms with Crippen LogP contribution in [-0.4, -0.2) is 32.7 Å². The Morgan fingerprint density at radius 2 is 2.08 bits per heavy atom. The van der Waals surface area contributed by atoms with Gasteiger partial charge in [0.05, 0.1) is 7.11 Å². The van der Waals surface area contributed by atoms with Crippen molar-refractivity contribution in [3.63, 3.8) is 0 Å². The largest absolute Gasteiger partial charge is 0.497 e. The lowest BCUT2D eigenvalue weighted by Gasteiger charge is -2.19. The van der Waals surface area contributed by atoms with Gasteiger partial charge in [-0.15, -0.1) is 0 Å². The normalized spacial score (nSPS) is 17.4. The van der Waals surface area contributed by atoms with Gasteiger partial charge in [-0.25, -0.2) is 0 Å². The summed E-state index contributed by atoms with van der Waals surface area (Å²) in [6.45, 7) is 6.97. The summed E-state index contributed by atoms with van der Waals surface area (Å²) in [5.41, 5.74) is 10.8. The minimum absolute atomic E-state index is 0.480. The van der Waals surface area contributed by atoms with Crippen LogP contribution in [-0.2, 0) is 0 Å². The van der Waals surface area contributed by atoms with Crippen molar-refractivity contribution in [3.05, 3.63) is 53.6 Å². The highest BCUT2D eigenvalue weighted by Crippen LogP contribution is 2.27. The molecule has 0 spiro atoms. The Balaban J connectivity index is 1.54. The number of anilines is 2. The van der Waals surface area contributed by atoms with Crippen LogP contribution in [0, 0.1) is 19.8 Å². The highest BCUT2D eigenvalue weighted by Gasteiger charge is 2.22. The number of guanidine groups is 1. The molecule has 138 valence electrons. The fourth-order valence-electron chi connectivity index (χ4n) is 3.26. The van der Waals surface area contributed by atoms with Crippen LogP contribution in [0.15, 0.2) is 47.5 Å². The van der Waals surface area contributed by atoms with E-state index in [2.05, 4.69) is 53.3 Å². The van der Waals surface area contributed by atoms with E-state index in [4.69, 9.17) is 10.5 Å². The van der Waals surface area contributed by atoms with Gasteiger partial charge < -0.3 is 20.7 Å². The van der Waals surface area contributed by atoms with Gasteiger partial charge in [0, 0.05) is 37.1 Å². The van der Waals surface area contributed by atoms with Crippen molar-refractivity contribution in [1.29, 1.82) is 0 Å². The first-order valence-electron chi connectivity index (χ1n) is 9.08. The van der Waals surface area contributed by atoms with Crippen molar-refractivity contribution in [2.75, 3.05) is 37.0 Å². The Kier molecular flexibility index (Phi) is 5.66. The minimum atomic E-state index is 0.480. The van der Waals surface area contributed by atoms with Crippen molar-refractivity contribution in [2.24, 2.45) is 16.6 Å². The molecule has 3 rings (SSSR count). The van der Waals surface area contributed by atoms with Crippen LogP contribution in [0.25, 0.3) is 0 Å². The predicted molar refractivity (Wildman–Crippen MR) is 109 cm³/mol. The summed E-state index contributed by atoms with van der Waals surface area (Å²) in [6, 6.07) is 14.4. The maximum absolute atomic E-state index is 6.06. The molecule has 1 atom stereocenters. The van der Waals surface area contributed by atoms with Crippen molar-refractivity contribution in [3.8, 4) is 5.75 Å². The molecule has 26 heavy (non-hydrogen) atoms. The number of nitrogens with zero attached hydrogens (tertiary/aromatic N) is 2. The summed E-state index contributed by atoms with van der Waals surface area (Å²) in [4.78, 5) is 6.93. The molecule has 0 radical (unpaired) electrons. The molecule has 1 fully saturated rings. The first-order valence-corrected chi connectivity index (χ1v) is 9.08. The summed E-state index contributed by atoms with van der Waals surface area (Å²) >= 11 is 0. The molecule has 1 aliphatic heterocycles. The van der Waals surface area contributed by atoms with Crippen molar-refractivity contribution in [1.82, 2.24) is 0 Å². The quantitative estimate of drug-likeness (QED) is 0.638. The Hall–Kier alpha value is -2.69. The SMILES string of the molecule is COc1cccc(N2CCC(CN=C(N)Nc3ccc(C)c(C)c3)C2)c1. The van der Waals surface area contributed by atoms with Crippen LogP contribution < -0.4 is 20.7 Å². The van der Waals surface area contributed by atoms with E-state index in [1.54, 1.807) is 7.11 Å². The van der Waals surface area contributed by atoms with Gasteiger partial charge in [-0.2, -0.15) is 0 Å². The van der Waals surface area contributed by atoms with Crippen LogP contribution in [0.3, 0.4) is 0 Å². The van der Waals surface area contributed by atoms with Crippen molar-refractivity contribution in [2.45, 2.75) is 20.3 Å². The fourth-order valence-corrected chi connectivity index (χ4v) is 3.26. The summed E-state index contributed by atoms with van der Waals surface area (Å²) in [5, 5.41) is 3.19. The second kappa shape index (κ2) is 8.13. The number of benzene rings is 2. The number of aliphatic imine (C=N–C) groups is 1. The van der Waals surface area contributed by atoms with Crippen molar-refractivity contribution >= 4 is 17.3 Å². The Bertz CT molecular complexity index is 787. The highest BCUT2D eigenvalue weighted by molar-refractivity contribution is 5.92. The van der Waals surface area contributed by atoms with Crippen LogP contribution in [0.1, 0.15) is 17.5 Å². The number of aryl methyl sites for hydroxylation is 2. The van der Waals surface area contributed by atoms with Crippen LogP contribution >= 0.6 is 0 Å². The third-order valence-electron chi connectivity index (χ3n) is 5.00. The zero-order valence-corrected chi connectivity index (χ0v) is 15.8. The van der Waals surface area contributed by atoms with E-state index in [0.29, 0.717) is 11.9 Å². The maximum Gasteiger partial charge on any atom is 0.193 e. The van der Waals surface area contributed by atoms with Crippen molar-refractivity contribution < 1.29 is 4.74 Å². The summed E-state index contributed by atoms with van der Waals surface area (Å²) in [5.74, 6) is 1.89. The molecule has 1 aliphatic rings. The number of hydrogen-bond acceptors (Lipinski definition) is 3. The maximum atomic E-state index is 6.06.